The molecule has 4 N–H and O–H groups in total. The summed E-state index contributed by atoms with van der Waals surface area (Å²) in [5, 5.41) is 6.36. The van der Waals surface area contributed by atoms with E-state index >= 15 is 0 Å². The van der Waals surface area contributed by atoms with Crippen LogP contribution >= 0.6 is 11.6 Å². The second-order valence-corrected chi connectivity index (χ2v) is 5.08. The van der Waals surface area contributed by atoms with Crippen molar-refractivity contribution in [3.05, 3.63) is 29.3 Å². The van der Waals surface area contributed by atoms with Gasteiger partial charge in [0, 0.05) is 16.8 Å². The summed E-state index contributed by atoms with van der Waals surface area (Å²) in [7, 11) is 0. The van der Waals surface area contributed by atoms with Crippen LogP contribution in [0.15, 0.2) is 24.3 Å². The van der Waals surface area contributed by atoms with E-state index in [0.29, 0.717) is 23.2 Å². The van der Waals surface area contributed by atoms with E-state index in [9.17, 15) is 4.79 Å². The van der Waals surface area contributed by atoms with Crippen LogP contribution in [0.1, 0.15) is 19.3 Å². The summed E-state index contributed by atoms with van der Waals surface area (Å²) < 4.78 is 0. The van der Waals surface area contributed by atoms with Crippen LogP contribution in [-0.4, -0.2) is 18.6 Å². The third kappa shape index (κ3) is 3.37. The Morgan fingerprint density at radius 2 is 2.28 bits per heavy atom. The summed E-state index contributed by atoms with van der Waals surface area (Å²) in [5.41, 5.74) is 6.38. The molecule has 0 saturated heterocycles. The minimum Gasteiger partial charge on any atom is -0.335 e. The minimum absolute atomic E-state index is 0.189. The minimum atomic E-state index is -0.192. The quantitative estimate of drug-likeness (QED) is 0.788. The summed E-state index contributed by atoms with van der Waals surface area (Å²) in [6.07, 6.45) is 3.23. The Morgan fingerprint density at radius 3 is 3.00 bits per heavy atom. The molecular formula is C13H18ClN3O. The number of anilines is 1. The van der Waals surface area contributed by atoms with E-state index < -0.39 is 0 Å². The molecule has 2 unspecified atom stereocenters. The number of hydrogen-bond acceptors (Lipinski definition) is 2. The molecule has 0 radical (unpaired) electrons. The van der Waals surface area contributed by atoms with Crippen LogP contribution in [0.2, 0.25) is 5.02 Å². The number of halogens is 1. The normalized spacial score (nSPS) is 22.8. The zero-order valence-corrected chi connectivity index (χ0v) is 10.9. The van der Waals surface area contributed by atoms with Crippen molar-refractivity contribution in [3.63, 3.8) is 0 Å². The van der Waals surface area contributed by atoms with E-state index in [1.54, 1.807) is 24.3 Å². The Balaban J connectivity index is 1.89. The predicted molar refractivity (Wildman–Crippen MR) is 73.8 cm³/mol. The van der Waals surface area contributed by atoms with Gasteiger partial charge >= 0.3 is 6.03 Å². The first-order chi connectivity index (χ1) is 8.69. The topological polar surface area (TPSA) is 67.1 Å². The van der Waals surface area contributed by atoms with E-state index in [-0.39, 0.29) is 12.1 Å². The van der Waals surface area contributed by atoms with Gasteiger partial charge in [0.15, 0.2) is 0 Å². The molecule has 2 rings (SSSR count). The number of urea groups is 1. The SMILES string of the molecule is NCC1CCCC1NC(=O)Nc1cccc(Cl)c1. The van der Waals surface area contributed by atoms with Gasteiger partial charge in [0.05, 0.1) is 0 Å². The van der Waals surface area contributed by atoms with E-state index in [1.165, 1.54) is 0 Å². The molecule has 1 aromatic carbocycles. The monoisotopic (exact) mass is 267 g/mol. The largest absolute Gasteiger partial charge is 0.335 e. The molecule has 1 aliphatic carbocycles. The molecule has 5 heteroatoms. The average Bonchev–Trinajstić information content (AvgIpc) is 2.76. The maximum atomic E-state index is 11.8. The lowest BCUT2D eigenvalue weighted by atomic mass is 10.0. The zero-order valence-electron chi connectivity index (χ0n) is 10.2. The molecule has 2 atom stereocenters. The van der Waals surface area contributed by atoms with Gasteiger partial charge in [-0.05, 0) is 43.5 Å². The van der Waals surface area contributed by atoms with Gasteiger partial charge in [-0.3, -0.25) is 0 Å². The number of rotatable bonds is 3. The van der Waals surface area contributed by atoms with Gasteiger partial charge in [0.25, 0.3) is 0 Å². The van der Waals surface area contributed by atoms with Crippen molar-refractivity contribution in [3.8, 4) is 0 Å². The molecule has 0 heterocycles. The van der Waals surface area contributed by atoms with Gasteiger partial charge in [0.1, 0.15) is 0 Å². The molecule has 1 fully saturated rings. The summed E-state index contributed by atoms with van der Waals surface area (Å²) >= 11 is 5.86. The first kappa shape index (κ1) is 13.2. The van der Waals surface area contributed by atoms with Crippen molar-refractivity contribution < 1.29 is 4.79 Å². The van der Waals surface area contributed by atoms with Crippen molar-refractivity contribution in [1.29, 1.82) is 0 Å². The Morgan fingerprint density at radius 1 is 1.44 bits per heavy atom. The lowest BCUT2D eigenvalue weighted by Crippen LogP contribution is -2.42. The highest BCUT2D eigenvalue weighted by Gasteiger charge is 2.27. The number of hydrogen-bond donors (Lipinski definition) is 3. The second kappa shape index (κ2) is 6.07. The van der Waals surface area contributed by atoms with Gasteiger partial charge in [-0.2, -0.15) is 0 Å². The number of nitrogens with two attached hydrogens (primary N) is 1. The zero-order chi connectivity index (χ0) is 13.0. The van der Waals surface area contributed by atoms with Gasteiger partial charge in [-0.25, -0.2) is 4.79 Å². The van der Waals surface area contributed by atoms with Crippen LogP contribution < -0.4 is 16.4 Å². The van der Waals surface area contributed by atoms with Gasteiger partial charge < -0.3 is 16.4 Å². The summed E-state index contributed by atoms with van der Waals surface area (Å²) in [5.74, 6) is 0.398. The smallest absolute Gasteiger partial charge is 0.319 e. The Labute approximate surface area is 112 Å². The number of carbonyl (C=O) groups is 1. The lowest BCUT2D eigenvalue weighted by Gasteiger charge is -2.19. The first-order valence-electron chi connectivity index (χ1n) is 6.22. The van der Waals surface area contributed by atoms with Crippen molar-refractivity contribution >= 4 is 23.3 Å². The fourth-order valence-electron chi connectivity index (χ4n) is 2.41. The van der Waals surface area contributed by atoms with Crippen LogP contribution in [-0.2, 0) is 0 Å². The van der Waals surface area contributed by atoms with Gasteiger partial charge in [0.2, 0.25) is 0 Å². The van der Waals surface area contributed by atoms with Gasteiger partial charge in [-0.1, -0.05) is 24.1 Å². The predicted octanol–water partition coefficient (Wildman–Crippen LogP) is 2.59. The third-order valence-corrected chi connectivity index (χ3v) is 3.60. The van der Waals surface area contributed by atoms with Crippen LogP contribution in [0, 0.1) is 5.92 Å². The van der Waals surface area contributed by atoms with Crippen LogP contribution in [0.5, 0.6) is 0 Å². The van der Waals surface area contributed by atoms with Crippen LogP contribution in [0.4, 0.5) is 10.5 Å². The highest BCUT2D eigenvalue weighted by atomic mass is 35.5. The number of benzene rings is 1. The van der Waals surface area contributed by atoms with Gasteiger partial charge in [-0.15, -0.1) is 0 Å². The second-order valence-electron chi connectivity index (χ2n) is 4.64. The molecular weight excluding hydrogens is 250 g/mol. The highest BCUT2D eigenvalue weighted by Crippen LogP contribution is 2.24. The fourth-order valence-corrected chi connectivity index (χ4v) is 2.60. The van der Waals surface area contributed by atoms with Crippen molar-refractivity contribution in [2.75, 3.05) is 11.9 Å². The molecule has 4 nitrogen and oxygen atoms in total. The Kier molecular flexibility index (Phi) is 4.44. The fraction of sp³-hybridized carbons (Fsp3) is 0.462. The maximum Gasteiger partial charge on any atom is 0.319 e. The van der Waals surface area contributed by atoms with E-state index in [2.05, 4.69) is 10.6 Å². The third-order valence-electron chi connectivity index (χ3n) is 3.36. The lowest BCUT2D eigenvalue weighted by molar-refractivity contribution is 0.245. The maximum absolute atomic E-state index is 11.8. The summed E-state index contributed by atoms with van der Waals surface area (Å²) in [6, 6.07) is 7.09. The highest BCUT2D eigenvalue weighted by molar-refractivity contribution is 6.30. The molecule has 1 aromatic rings. The average molecular weight is 268 g/mol. The molecule has 0 bridgehead atoms. The summed E-state index contributed by atoms with van der Waals surface area (Å²) in [4.78, 5) is 11.8. The van der Waals surface area contributed by atoms with Crippen molar-refractivity contribution in [1.82, 2.24) is 5.32 Å². The van der Waals surface area contributed by atoms with Crippen LogP contribution in [0.3, 0.4) is 0 Å². The molecule has 1 saturated carbocycles. The number of nitrogens with one attached hydrogen (secondary N) is 2. The Hall–Kier alpha value is -1.26. The van der Waals surface area contributed by atoms with E-state index in [1.807, 2.05) is 0 Å². The van der Waals surface area contributed by atoms with Crippen molar-refractivity contribution in [2.24, 2.45) is 11.7 Å². The van der Waals surface area contributed by atoms with Crippen molar-refractivity contribution in [2.45, 2.75) is 25.3 Å². The summed E-state index contributed by atoms with van der Waals surface area (Å²) in [6.45, 7) is 0.627. The molecule has 1 aliphatic rings. The van der Waals surface area contributed by atoms with E-state index in [4.69, 9.17) is 17.3 Å². The van der Waals surface area contributed by atoms with E-state index in [0.717, 1.165) is 19.3 Å². The first-order valence-corrected chi connectivity index (χ1v) is 6.60. The standard InChI is InChI=1S/C13H18ClN3O/c14-10-4-2-5-11(7-10)16-13(18)17-12-6-1-3-9(12)8-15/h2,4-5,7,9,12H,1,3,6,8,15H2,(H2,16,17,18). The molecule has 98 valence electrons. The Bertz CT molecular complexity index is 424. The molecule has 0 aromatic heterocycles. The molecule has 18 heavy (non-hydrogen) atoms. The molecule has 0 spiro atoms. The van der Waals surface area contributed by atoms with Crippen LogP contribution in [0.25, 0.3) is 0 Å². The molecule has 2 amide bonds. The number of carbonyl (C=O) groups excluding carboxylic acids is 1. The molecule has 0 aliphatic heterocycles. The number of amides is 2.